The molecular formula is C14H11FN6O4S. The molecule has 3 aromatic rings. The number of nitro groups is 1. The highest BCUT2D eigenvalue weighted by Gasteiger charge is 2.25. The molecule has 0 unspecified atom stereocenters. The van der Waals surface area contributed by atoms with Crippen LogP contribution in [0.5, 0.6) is 0 Å². The highest BCUT2D eigenvalue weighted by Crippen LogP contribution is 2.22. The molecule has 0 spiro atoms. The number of para-hydroxylation sites is 1. The minimum atomic E-state index is -4.18. The van der Waals surface area contributed by atoms with E-state index in [4.69, 9.17) is 0 Å². The molecule has 0 aliphatic heterocycles. The zero-order valence-electron chi connectivity index (χ0n) is 13.0. The van der Waals surface area contributed by atoms with Gasteiger partial charge in [-0.3, -0.25) is 10.1 Å². The van der Waals surface area contributed by atoms with Crippen molar-refractivity contribution in [1.82, 2.24) is 24.9 Å². The number of tetrazole rings is 1. The average Bonchev–Trinajstić information content (AvgIpc) is 3.09. The van der Waals surface area contributed by atoms with E-state index in [9.17, 15) is 22.9 Å². The van der Waals surface area contributed by atoms with Crippen LogP contribution in [0.25, 0.3) is 5.69 Å². The van der Waals surface area contributed by atoms with Crippen molar-refractivity contribution in [3.8, 4) is 5.69 Å². The predicted octanol–water partition coefficient (Wildman–Crippen LogP) is 1.19. The van der Waals surface area contributed by atoms with Gasteiger partial charge in [-0.05, 0) is 40.8 Å². The van der Waals surface area contributed by atoms with Gasteiger partial charge in [0.15, 0.2) is 10.7 Å². The van der Waals surface area contributed by atoms with E-state index in [2.05, 4.69) is 20.2 Å². The van der Waals surface area contributed by atoms with E-state index >= 15 is 0 Å². The second kappa shape index (κ2) is 6.93. The summed E-state index contributed by atoms with van der Waals surface area (Å²) in [4.78, 5) is 9.77. The lowest BCUT2D eigenvalue weighted by Crippen LogP contribution is -2.25. The van der Waals surface area contributed by atoms with Crippen molar-refractivity contribution in [1.29, 1.82) is 0 Å². The first kappa shape index (κ1) is 17.6. The van der Waals surface area contributed by atoms with Crippen LogP contribution in [0.4, 0.5) is 10.1 Å². The van der Waals surface area contributed by atoms with E-state index in [-0.39, 0.29) is 12.4 Å². The Labute approximate surface area is 146 Å². The highest BCUT2D eigenvalue weighted by molar-refractivity contribution is 7.89. The van der Waals surface area contributed by atoms with Gasteiger partial charge in [0.05, 0.1) is 17.2 Å². The van der Waals surface area contributed by atoms with Crippen molar-refractivity contribution in [3.63, 3.8) is 0 Å². The number of halogens is 1. The molecule has 0 atom stereocenters. The second-order valence-electron chi connectivity index (χ2n) is 5.03. The Hall–Kier alpha value is -3.25. The van der Waals surface area contributed by atoms with Crippen molar-refractivity contribution < 1.29 is 17.7 Å². The fourth-order valence-corrected chi connectivity index (χ4v) is 3.32. The first-order valence-corrected chi connectivity index (χ1v) is 8.63. The molecule has 0 aliphatic rings. The third-order valence-electron chi connectivity index (χ3n) is 3.38. The van der Waals surface area contributed by atoms with E-state index in [1.165, 1.54) is 41.1 Å². The molecule has 3 rings (SSSR count). The largest absolute Gasteiger partial charge is 0.289 e. The molecule has 10 nitrogen and oxygen atoms in total. The molecule has 0 saturated carbocycles. The summed E-state index contributed by atoms with van der Waals surface area (Å²) in [6, 6.07) is 10.2. The Morgan fingerprint density at radius 3 is 2.54 bits per heavy atom. The highest BCUT2D eigenvalue weighted by atomic mass is 32.2. The van der Waals surface area contributed by atoms with Gasteiger partial charge in [0.25, 0.3) is 5.69 Å². The Balaban J connectivity index is 1.85. The summed E-state index contributed by atoms with van der Waals surface area (Å²) >= 11 is 0. The molecule has 1 heterocycles. The first-order chi connectivity index (χ1) is 12.4. The number of aromatic nitrogens is 4. The third-order valence-corrected chi connectivity index (χ3v) is 4.83. The molecule has 0 aliphatic carbocycles. The maximum absolute atomic E-state index is 13.0. The van der Waals surface area contributed by atoms with Crippen molar-refractivity contribution in [2.45, 2.75) is 11.4 Å². The van der Waals surface area contributed by atoms with Crippen LogP contribution in [0.2, 0.25) is 0 Å². The van der Waals surface area contributed by atoms with E-state index in [0.29, 0.717) is 5.69 Å². The summed E-state index contributed by atoms with van der Waals surface area (Å²) in [6.45, 7) is -0.321. The topological polar surface area (TPSA) is 133 Å². The zero-order valence-corrected chi connectivity index (χ0v) is 13.8. The number of nitro benzene ring substituents is 1. The van der Waals surface area contributed by atoms with Crippen LogP contribution < -0.4 is 4.72 Å². The maximum Gasteiger partial charge on any atom is 0.289 e. The monoisotopic (exact) mass is 378 g/mol. The SMILES string of the molecule is O=[N+]([O-])c1ccccc1S(=O)(=O)NCc1nnnn1-c1ccc(F)cc1. The number of sulfonamides is 1. The molecule has 1 N–H and O–H groups in total. The van der Waals surface area contributed by atoms with Gasteiger partial charge in [-0.2, -0.15) is 4.68 Å². The van der Waals surface area contributed by atoms with Gasteiger partial charge in [-0.25, -0.2) is 17.5 Å². The van der Waals surface area contributed by atoms with Crippen molar-refractivity contribution >= 4 is 15.7 Å². The fourth-order valence-electron chi connectivity index (χ4n) is 2.17. The van der Waals surface area contributed by atoms with Gasteiger partial charge in [-0.1, -0.05) is 12.1 Å². The first-order valence-electron chi connectivity index (χ1n) is 7.15. The van der Waals surface area contributed by atoms with Crippen LogP contribution in [-0.4, -0.2) is 33.5 Å². The quantitative estimate of drug-likeness (QED) is 0.503. The number of benzene rings is 2. The molecule has 2 aromatic carbocycles. The minimum absolute atomic E-state index is 0.124. The van der Waals surface area contributed by atoms with E-state index in [1.807, 2.05) is 0 Å². The lowest BCUT2D eigenvalue weighted by molar-refractivity contribution is -0.387. The van der Waals surface area contributed by atoms with Crippen LogP contribution >= 0.6 is 0 Å². The summed E-state index contributed by atoms with van der Waals surface area (Å²) in [7, 11) is -4.18. The number of hydrogen-bond acceptors (Lipinski definition) is 7. The maximum atomic E-state index is 13.0. The van der Waals surface area contributed by atoms with E-state index in [0.717, 1.165) is 12.1 Å². The average molecular weight is 378 g/mol. The summed E-state index contributed by atoms with van der Waals surface area (Å²) in [6.07, 6.45) is 0. The molecule has 0 amide bonds. The van der Waals surface area contributed by atoms with Crippen LogP contribution in [0, 0.1) is 15.9 Å². The van der Waals surface area contributed by atoms with Crippen molar-refractivity contribution in [2.75, 3.05) is 0 Å². The lowest BCUT2D eigenvalue weighted by atomic mass is 10.3. The molecule has 1 aromatic heterocycles. The predicted molar refractivity (Wildman–Crippen MR) is 86.2 cm³/mol. The fraction of sp³-hybridized carbons (Fsp3) is 0.0714. The summed E-state index contributed by atoms with van der Waals surface area (Å²) < 4.78 is 41.3. The van der Waals surface area contributed by atoms with Gasteiger partial charge < -0.3 is 0 Å². The van der Waals surface area contributed by atoms with Crippen LogP contribution in [0.1, 0.15) is 5.82 Å². The third kappa shape index (κ3) is 3.55. The Morgan fingerprint density at radius 1 is 1.15 bits per heavy atom. The van der Waals surface area contributed by atoms with Gasteiger partial charge in [0, 0.05) is 6.07 Å². The normalized spacial score (nSPS) is 11.4. The van der Waals surface area contributed by atoms with Gasteiger partial charge in [0.2, 0.25) is 10.0 Å². The molecule has 134 valence electrons. The Bertz CT molecular complexity index is 1050. The Kier molecular flexibility index (Phi) is 4.69. The van der Waals surface area contributed by atoms with E-state index < -0.39 is 31.3 Å². The lowest BCUT2D eigenvalue weighted by Gasteiger charge is -2.08. The molecule has 0 saturated heterocycles. The number of nitrogens with one attached hydrogen (secondary N) is 1. The smallest absolute Gasteiger partial charge is 0.258 e. The summed E-state index contributed by atoms with van der Waals surface area (Å²) in [5.74, 6) is -0.320. The van der Waals surface area contributed by atoms with Crippen LogP contribution in [0.3, 0.4) is 0 Å². The Morgan fingerprint density at radius 2 is 1.85 bits per heavy atom. The van der Waals surface area contributed by atoms with E-state index in [1.54, 1.807) is 0 Å². The second-order valence-corrected chi connectivity index (χ2v) is 6.77. The molecule has 0 fully saturated rings. The summed E-state index contributed by atoms with van der Waals surface area (Å²) in [5.41, 5.74) is -0.116. The zero-order chi connectivity index (χ0) is 18.7. The minimum Gasteiger partial charge on any atom is -0.258 e. The number of hydrogen-bond donors (Lipinski definition) is 1. The molecule has 0 radical (unpaired) electrons. The molecule has 26 heavy (non-hydrogen) atoms. The van der Waals surface area contributed by atoms with Gasteiger partial charge in [0.1, 0.15) is 5.82 Å². The summed E-state index contributed by atoms with van der Waals surface area (Å²) in [5, 5.41) is 21.9. The molecular weight excluding hydrogens is 367 g/mol. The number of rotatable bonds is 6. The standard InChI is InChI=1S/C14H11FN6O4S/c15-10-5-7-11(8-6-10)20-14(17-18-19-20)9-16-26(24,25)13-4-2-1-3-12(13)21(22)23/h1-8,16H,9H2. The van der Waals surface area contributed by atoms with Crippen molar-refractivity contribution in [3.05, 3.63) is 70.3 Å². The van der Waals surface area contributed by atoms with Gasteiger partial charge in [-0.15, -0.1) is 5.10 Å². The van der Waals surface area contributed by atoms with Crippen LogP contribution in [-0.2, 0) is 16.6 Å². The molecule has 0 bridgehead atoms. The van der Waals surface area contributed by atoms with Gasteiger partial charge >= 0.3 is 0 Å². The van der Waals surface area contributed by atoms with Crippen LogP contribution in [0.15, 0.2) is 53.4 Å². The van der Waals surface area contributed by atoms with Crippen molar-refractivity contribution in [2.24, 2.45) is 0 Å². The number of nitrogens with zero attached hydrogens (tertiary/aromatic N) is 5. The molecule has 12 heteroatoms.